The molecule has 0 fully saturated rings. The van der Waals surface area contributed by atoms with Crippen LogP contribution in [0.15, 0.2) is 78.3 Å². The van der Waals surface area contributed by atoms with Gasteiger partial charge in [-0.15, -0.1) is 0 Å². The fourth-order valence-corrected chi connectivity index (χ4v) is 2.24. The molecule has 0 unspecified atom stereocenters. The Morgan fingerprint density at radius 2 is 1.42 bits per heavy atom. The van der Waals surface area contributed by atoms with E-state index in [-0.39, 0.29) is 0 Å². The molecule has 2 nitrogen and oxygen atoms in total. The van der Waals surface area contributed by atoms with Crippen molar-refractivity contribution < 1.29 is 0 Å². The predicted octanol–water partition coefficient (Wildman–Crippen LogP) is 3.49. The molecule has 2 aromatic rings. The monoisotopic (exact) mass is 250 g/mol. The zero-order valence-electron chi connectivity index (χ0n) is 11.1. The lowest BCUT2D eigenvalue weighted by Crippen LogP contribution is -2.26. The summed E-state index contributed by atoms with van der Waals surface area (Å²) in [5.41, 5.74) is 7.32. The van der Waals surface area contributed by atoms with Gasteiger partial charge < -0.3 is 5.73 Å². The number of hydrogen-bond acceptors (Lipinski definition) is 1. The molecule has 2 aromatic carbocycles. The number of rotatable bonds is 4. The maximum Gasteiger partial charge on any atom is 0.130 e. The molecule has 0 aliphatic carbocycles. The molecule has 19 heavy (non-hydrogen) atoms. The molecule has 0 heterocycles. The van der Waals surface area contributed by atoms with Crippen molar-refractivity contribution in [1.29, 1.82) is 0 Å². The van der Waals surface area contributed by atoms with E-state index >= 15 is 0 Å². The van der Waals surface area contributed by atoms with Gasteiger partial charge in [-0.25, -0.2) is 0 Å². The first-order valence-electron chi connectivity index (χ1n) is 6.25. The zero-order valence-corrected chi connectivity index (χ0v) is 11.1. The molecule has 0 radical (unpaired) electrons. The minimum Gasteiger partial charge on any atom is -0.388 e. The first-order valence-corrected chi connectivity index (χ1v) is 6.25. The molecule has 0 aliphatic rings. The van der Waals surface area contributed by atoms with E-state index in [4.69, 9.17) is 5.73 Å². The van der Waals surface area contributed by atoms with Crippen molar-refractivity contribution in [2.75, 3.05) is 0 Å². The van der Waals surface area contributed by atoms with Crippen LogP contribution in [0.25, 0.3) is 0 Å². The summed E-state index contributed by atoms with van der Waals surface area (Å²) >= 11 is 0. The Morgan fingerprint density at radius 1 is 1.00 bits per heavy atom. The Labute approximate surface area is 114 Å². The fourth-order valence-electron chi connectivity index (χ4n) is 2.24. The Bertz CT molecular complexity index is 527. The Balaban J connectivity index is 2.69. The van der Waals surface area contributed by atoms with Crippen molar-refractivity contribution in [1.82, 2.24) is 0 Å². The topological polar surface area (TPSA) is 38.4 Å². The van der Waals surface area contributed by atoms with Gasteiger partial charge in [-0.3, -0.25) is 4.99 Å². The van der Waals surface area contributed by atoms with E-state index in [1.54, 1.807) is 6.92 Å². The summed E-state index contributed by atoms with van der Waals surface area (Å²) in [7, 11) is 0. The van der Waals surface area contributed by atoms with Gasteiger partial charge >= 0.3 is 0 Å². The number of aliphatic imine (C=N–C) groups is 1. The van der Waals surface area contributed by atoms with Crippen LogP contribution < -0.4 is 5.73 Å². The van der Waals surface area contributed by atoms with Crippen molar-refractivity contribution >= 4 is 5.84 Å². The van der Waals surface area contributed by atoms with Gasteiger partial charge in [-0.1, -0.05) is 73.3 Å². The number of nitrogens with two attached hydrogens (primary N) is 1. The minimum absolute atomic E-state index is 0.535. The number of nitrogens with zero attached hydrogens (tertiary/aromatic N) is 1. The highest BCUT2D eigenvalue weighted by Crippen LogP contribution is 2.34. The molecule has 0 aromatic heterocycles. The largest absolute Gasteiger partial charge is 0.388 e. The molecule has 0 bridgehead atoms. The summed E-state index contributed by atoms with van der Waals surface area (Å²) in [4.78, 5) is 4.64. The summed E-state index contributed by atoms with van der Waals surface area (Å²) in [6, 6.07) is 20.1. The SMILES string of the molecule is C=CC(N=C(C)N)(c1ccccc1)c1ccccc1. The lowest BCUT2D eigenvalue weighted by Gasteiger charge is -2.28. The number of hydrogen-bond donors (Lipinski definition) is 1. The van der Waals surface area contributed by atoms with Gasteiger partial charge in [0.05, 0.1) is 5.84 Å². The summed E-state index contributed by atoms with van der Waals surface area (Å²) in [6.07, 6.45) is 1.84. The quantitative estimate of drug-likeness (QED) is 0.503. The van der Waals surface area contributed by atoms with Crippen molar-refractivity contribution in [3.63, 3.8) is 0 Å². The van der Waals surface area contributed by atoms with Crippen LogP contribution in [0.1, 0.15) is 18.1 Å². The lowest BCUT2D eigenvalue weighted by atomic mass is 9.83. The minimum atomic E-state index is -0.624. The van der Waals surface area contributed by atoms with Crippen LogP contribution in [0.2, 0.25) is 0 Å². The maximum atomic E-state index is 5.83. The van der Waals surface area contributed by atoms with E-state index in [0.717, 1.165) is 11.1 Å². The third kappa shape index (κ3) is 2.58. The van der Waals surface area contributed by atoms with Gasteiger partial charge in [0.25, 0.3) is 0 Å². The molecule has 2 heteroatoms. The Morgan fingerprint density at radius 3 is 1.74 bits per heavy atom. The molecule has 0 spiro atoms. The fraction of sp³-hybridized carbons (Fsp3) is 0.118. The molecular formula is C17H18N2. The third-order valence-electron chi connectivity index (χ3n) is 3.08. The number of benzene rings is 2. The Kier molecular flexibility index (Phi) is 3.81. The van der Waals surface area contributed by atoms with Crippen LogP contribution in [0.3, 0.4) is 0 Å². The van der Waals surface area contributed by atoms with Gasteiger partial charge in [0, 0.05) is 0 Å². The normalized spacial score (nSPS) is 12.2. The molecule has 2 N–H and O–H groups in total. The van der Waals surface area contributed by atoms with E-state index in [9.17, 15) is 0 Å². The summed E-state index contributed by atoms with van der Waals surface area (Å²) in [6.45, 7) is 5.77. The molecule has 0 amide bonds. The van der Waals surface area contributed by atoms with Crippen molar-refractivity contribution in [3.05, 3.63) is 84.4 Å². The number of amidine groups is 1. The van der Waals surface area contributed by atoms with E-state index in [2.05, 4.69) is 11.6 Å². The predicted molar refractivity (Wildman–Crippen MR) is 81.2 cm³/mol. The average Bonchev–Trinajstić information content (AvgIpc) is 2.46. The molecule has 2 rings (SSSR count). The van der Waals surface area contributed by atoms with E-state index in [1.165, 1.54) is 0 Å². The highest BCUT2D eigenvalue weighted by Gasteiger charge is 2.30. The van der Waals surface area contributed by atoms with Crippen LogP contribution in [0, 0.1) is 0 Å². The van der Waals surface area contributed by atoms with Gasteiger partial charge in [0.15, 0.2) is 0 Å². The lowest BCUT2D eigenvalue weighted by molar-refractivity contribution is 0.685. The second-order valence-electron chi connectivity index (χ2n) is 4.46. The van der Waals surface area contributed by atoms with Crippen LogP contribution in [-0.4, -0.2) is 5.84 Å². The standard InChI is InChI=1S/C17H18N2/c1-3-17(19-14(2)18,15-10-6-4-7-11-15)16-12-8-5-9-13-16/h3-13H,1H2,2H3,(H2,18,19). The maximum absolute atomic E-state index is 5.83. The summed E-state index contributed by atoms with van der Waals surface area (Å²) < 4.78 is 0. The van der Waals surface area contributed by atoms with Gasteiger partial charge in [0.1, 0.15) is 5.54 Å². The van der Waals surface area contributed by atoms with Crippen molar-refractivity contribution in [3.8, 4) is 0 Å². The van der Waals surface area contributed by atoms with E-state index < -0.39 is 5.54 Å². The van der Waals surface area contributed by atoms with E-state index in [1.807, 2.05) is 66.7 Å². The summed E-state index contributed by atoms with van der Waals surface area (Å²) in [5, 5.41) is 0. The zero-order chi connectivity index (χ0) is 13.7. The summed E-state index contributed by atoms with van der Waals surface area (Å²) in [5.74, 6) is 0.535. The van der Waals surface area contributed by atoms with Crippen LogP contribution >= 0.6 is 0 Å². The van der Waals surface area contributed by atoms with Crippen molar-refractivity contribution in [2.45, 2.75) is 12.5 Å². The molecule has 0 saturated carbocycles. The second-order valence-corrected chi connectivity index (χ2v) is 4.46. The van der Waals surface area contributed by atoms with Crippen molar-refractivity contribution in [2.24, 2.45) is 10.7 Å². The molecule has 0 atom stereocenters. The highest BCUT2D eigenvalue weighted by molar-refractivity contribution is 5.79. The van der Waals surface area contributed by atoms with Crippen LogP contribution in [-0.2, 0) is 5.54 Å². The smallest absolute Gasteiger partial charge is 0.130 e. The highest BCUT2D eigenvalue weighted by atomic mass is 14.9. The van der Waals surface area contributed by atoms with Gasteiger partial charge in [0.2, 0.25) is 0 Å². The molecule has 0 saturated heterocycles. The third-order valence-corrected chi connectivity index (χ3v) is 3.08. The Hall–Kier alpha value is -2.35. The van der Waals surface area contributed by atoms with E-state index in [0.29, 0.717) is 5.84 Å². The first-order chi connectivity index (χ1) is 9.19. The molecule has 0 aliphatic heterocycles. The van der Waals surface area contributed by atoms with Gasteiger partial charge in [-0.05, 0) is 18.1 Å². The van der Waals surface area contributed by atoms with Gasteiger partial charge in [-0.2, -0.15) is 0 Å². The van der Waals surface area contributed by atoms with Crippen LogP contribution in [0.4, 0.5) is 0 Å². The second kappa shape index (κ2) is 5.53. The van der Waals surface area contributed by atoms with Crippen LogP contribution in [0.5, 0.6) is 0 Å². The first kappa shape index (κ1) is 13.1. The molecular weight excluding hydrogens is 232 g/mol. The average molecular weight is 250 g/mol. The molecule has 96 valence electrons.